The summed E-state index contributed by atoms with van der Waals surface area (Å²) in [6.07, 6.45) is 0. The second-order valence-electron chi connectivity index (χ2n) is 6.58. The maximum absolute atomic E-state index is 6.29. The molecule has 0 aliphatic rings. The van der Waals surface area contributed by atoms with Gasteiger partial charge in [-0.05, 0) is 245 Å². The van der Waals surface area contributed by atoms with Gasteiger partial charge in [0, 0.05) is 99.2 Å². The van der Waals surface area contributed by atoms with Crippen LogP contribution >= 0.6 is 7.66 Å². The lowest BCUT2D eigenvalue weighted by atomic mass is 12.3. The van der Waals surface area contributed by atoms with Crippen LogP contribution < -0.4 is 5.84 Å². The topological polar surface area (TPSA) is 939 Å². The molecule has 74 heteroatoms. The van der Waals surface area contributed by atoms with Crippen LogP contribution in [0.25, 0.3) is 0 Å². The molecule has 74 heavy (non-hydrogen) atoms. The molecule has 0 rings (SSSR count). The average molecular weight is 1060 g/mol. The third kappa shape index (κ3) is 53.8. The monoisotopic (exact) mass is 1060 g/mol. The molecule has 1 unspecified atom stereocenters. The molecule has 4 N–H and O–H groups in total. The summed E-state index contributed by atoms with van der Waals surface area (Å²) in [5.41, 5.74) is 12.6. The Labute approximate surface area is 389 Å². The van der Waals surface area contributed by atoms with Crippen LogP contribution in [0.15, 0.2) is 365 Å². The highest BCUT2D eigenvalue weighted by molar-refractivity contribution is 7.34. The molecule has 0 aliphatic carbocycles. The number of nitrogens with zero attached hydrogens (tertiary/aromatic N) is 70. The zero-order valence-corrected chi connectivity index (χ0v) is 34.2. The molecule has 374 valence electrons. The zero-order chi connectivity index (χ0) is 53.1. The van der Waals surface area contributed by atoms with Crippen molar-refractivity contribution in [2.75, 3.05) is 0 Å². The lowest BCUT2D eigenvalue weighted by Crippen LogP contribution is -1.70. The molecule has 73 nitrogen and oxygen atoms in total. The number of nitrogens with one attached hydrogen (secondary N) is 2. The minimum Gasteiger partial charge on any atom is -0.303 e. The fraction of sp³-hybridized carbons (Fsp3) is 0. The molecule has 1 atom stereocenters. The molecule has 0 aliphatic heterocycles. The van der Waals surface area contributed by atoms with Gasteiger partial charge in [-0.15, -0.1) is 0 Å². The van der Waals surface area contributed by atoms with Gasteiger partial charge in [-0.3, -0.25) is 0 Å². The van der Waals surface area contributed by atoms with E-state index in [1.165, 1.54) is 0 Å². The summed E-state index contributed by atoms with van der Waals surface area (Å²) in [5.74, 6) is 4.65. The molecular formula is H4N73P. The minimum atomic E-state index is -2.44. The smallest absolute Gasteiger partial charge is 0.261 e. The van der Waals surface area contributed by atoms with Gasteiger partial charge in [0.1, 0.15) is 0 Å². The van der Waals surface area contributed by atoms with E-state index in [-0.39, 0.29) is 0 Å². The second-order valence-corrected chi connectivity index (χ2v) is 7.65. The summed E-state index contributed by atoms with van der Waals surface area (Å²) in [6, 6.07) is 0. The Bertz CT molecular complexity index is 2640. The van der Waals surface area contributed by atoms with Crippen LogP contribution in [0.4, 0.5) is 0 Å². The Morgan fingerprint density at radius 2 is 0.297 bits per heavy atom. The second kappa shape index (κ2) is 56.7. The van der Waals surface area contributed by atoms with Crippen LogP contribution in [0.1, 0.15) is 0 Å². The van der Waals surface area contributed by atoms with Gasteiger partial charge in [0.15, 0.2) is 0 Å². The van der Waals surface area contributed by atoms with E-state index in [1.54, 1.807) is 0 Å². The van der Waals surface area contributed by atoms with Crippen molar-refractivity contribution in [1.82, 2.24) is 0 Å². The van der Waals surface area contributed by atoms with Crippen LogP contribution in [-0.2, 0) is 0 Å². The molecule has 0 heterocycles. The lowest BCUT2D eigenvalue weighted by molar-refractivity contribution is 0.732. The molecule has 0 aromatic heterocycles. The van der Waals surface area contributed by atoms with Crippen LogP contribution in [-0.4, -0.2) is 0 Å². The van der Waals surface area contributed by atoms with Crippen LogP contribution in [0, 0.1) is 11.1 Å². The zero-order valence-electron chi connectivity index (χ0n) is 33.3. The van der Waals surface area contributed by atoms with E-state index < -0.39 is 7.66 Å². The van der Waals surface area contributed by atoms with Gasteiger partial charge in [0.25, 0.3) is 7.66 Å². The van der Waals surface area contributed by atoms with Crippen molar-refractivity contribution in [3.8, 4) is 0 Å². The Balaban J connectivity index is 5.34. The first-order valence-corrected chi connectivity index (χ1v) is 15.9. The molecular weight excluding hydrogens is 1050 g/mol. The molecule has 0 amide bonds. The summed E-state index contributed by atoms with van der Waals surface area (Å²) >= 11 is 0. The number of nitrogens with two attached hydrogens (primary N) is 1. The van der Waals surface area contributed by atoms with E-state index >= 15 is 0 Å². The van der Waals surface area contributed by atoms with Gasteiger partial charge in [-0.1, -0.05) is 19.8 Å². The molecule has 0 saturated carbocycles. The van der Waals surface area contributed by atoms with Crippen LogP contribution in [0.5, 0.6) is 0 Å². The van der Waals surface area contributed by atoms with Gasteiger partial charge < -0.3 is 5.84 Å². The molecule has 0 aromatic carbocycles. The third-order valence-electron chi connectivity index (χ3n) is 2.94. The van der Waals surface area contributed by atoms with Crippen LogP contribution in [0.2, 0.25) is 0 Å². The van der Waals surface area contributed by atoms with Gasteiger partial charge in [0.2, 0.25) is 0 Å². The fourth-order valence-electron chi connectivity index (χ4n) is 1.32. The van der Waals surface area contributed by atoms with Crippen molar-refractivity contribution in [2.45, 2.75) is 0 Å². The van der Waals surface area contributed by atoms with Crippen molar-refractivity contribution in [3.63, 3.8) is 0 Å². The van der Waals surface area contributed by atoms with Gasteiger partial charge in [-0.25, -0.2) is 0 Å². The molecule has 0 spiro atoms. The average Bonchev–Trinajstić information content (AvgIpc) is 3.41. The molecule has 0 fully saturated rings. The van der Waals surface area contributed by atoms with Gasteiger partial charge >= 0.3 is 0 Å². The molecule has 0 aromatic rings. The van der Waals surface area contributed by atoms with E-state index in [2.05, 4.69) is 370 Å². The highest BCUT2D eigenvalue weighted by atomic mass is 31.1. The van der Waals surface area contributed by atoms with E-state index in [1.807, 2.05) is 0 Å². The van der Waals surface area contributed by atoms with Crippen LogP contribution in [0.3, 0.4) is 0 Å². The van der Waals surface area contributed by atoms with E-state index in [9.17, 15) is 0 Å². The SMILES string of the molecule is N=N/N=N/N=N/N=N/N=N/N=N/N=N/N=N/N=N/N=N/N=N/N=N/N=P(/N=N/N=N/N=N/N=N/N=N/N=N/N=N/N=N/N=N/N=N/N=N/N=N)=N\N=N\N=N\N=N\N=N\N=N\N=N\N=N\N=N\N=N\N=N\N=N\N. The number of rotatable bonds is 35. The fourth-order valence-corrected chi connectivity index (χ4v) is 1.74. The Morgan fingerprint density at radius 3 is 0.459 bits per heavy atom. The lowest BCUT2D eigenvalue weighted by Gasteiger charge is -1.76. The Kier molecular flexibility index (Phi) is 45.8. The van der Waals surface area contributed by atoms with Crippen molar-refractivity contribution in [1.29, 1.82) is 11.1 Å². The van der Waals surface area contributed by atoms with Gasteiger partial charge in [-0.2, -0.15) is 11.1 Å². The van der Waals surface area contributed by atoms with Crippen molar-refractivity contribution >= 4 is 7.66 Å². The summed E-state index contributed by atoms with van der Waals surface area (Å²) in [4.78, 5) is 10.4. The first-order valence-electron chi connectivity index (χ1n) is 14.7. The van der Waals surface area contributed by atoms with Crippen molar-refractivity contribution < 1.29 is 0 Å². The highest BCUT2D eigenvalue weighted by Gasteiger charge is 1.84. The summed E-state index contributed by atoms with van der Waals surface area (Å²) in [5, 5.41) is 200. The van der Waals surface area contributed by atoms with E-state index in [4.69, 9.17) is 11.1 Å². The largest absolute Gasteiger partial charge is 0.303 e. The number of hydrogen-bond donors (Lipinski definition) is 3. The summed E-state index contributed by atoms with van der Waals surface area (Å²) < 4.78 is 0. The maximum Gasteiger partial charge on any atom is 0.261 e. The summed E-state index contributed by atoms with van der Waals surface area (Å²) in [7, 11) is -2.44. The van der Waals surface area contributed by atoms with Gasteiger partial charge in [0.05, 0.1) is 0 Å². The van der Waals surface area contributed by atoms with E-state index in [0.717, 1.165) is 0 Å². The minimum absolute atomic E-state index is 2.44. The van der Waals surface area contributed by atoms with Crippen molar-refractivity contribution in [2.24, 2.45) is 370 Å². The standard InChI is InChI=1S/H4N73P/c1-4-7-10-13-16-19-22-25-28-31-34-37-40-43-46-49-52-55-58-61-64-67-70-73-74(71-68-65-62-59-56-53-50-47-44-41-38-35-32-29-26-23-20-17-14-11-8-5-2)72-69-66-63-60-57-54-51-48-45-42-39-36-33-30-27-24-21-18-15-12-9-6-3/h1-2H,(H2,3,9,15,21,27,33,39,45,51,57,63,69)/b4-1?,5-2?,10-7+,11-8+,16-13+,17-14+,22-19+,23-20+,28-25+,29-26+,34-31+,35-32+,40-37+,41-38+,46-43+,47-44+,52-49+,53-50+,58-55+,59-56+,64-61+,65-62+,70-67+,71-68+. The molecule has 0 bridgehead atoms. The molecule has 0 radical (unpaired) electrons. The maximum atomic E-state index is 6.29. The predicted molar refractivity (Wildman–Crippen MR) is 187 cm³/mol. The quantitative estimate of drug-likeness (QED) is 0.0237. The molecule has 0 saturated heterocycles. The van der Waals surface area contributed by atoms with E-state index in [0.29, 0.717) is 0 Å². The van der Waals surface area contributed by atoms with Crippen molar-refractivity contribution in [3.05, 3.63) is 0 Å². The summed E-state index contributed by atoms with van der Waals surface area (Å²) in [6.45, 7) is 0. The third-order valence-corrected chi connectivity index (χ3v) is 3.66. The normalized spacial score (nSPS) is 15.5. The first kappa shape index (κ1) is 59.7. The Hall–Kier alpha value is -14.3. The Morgan fingerprint density at radius 1 is 0.162 bits per heavy atom. The number of hydrogen-bond acceptors (Lipinski definition) is 3. The first-order chi connectivity index (χ1) is 36.8. The highest BCUT2D eigenvalue weighted by Crippen LogP contribution is 2.20. The predicted octanol–water partition coefficient (Wildman–Crippen LogP) is 13.7.